The molecular formula is C50H78O19. The smallest absolute Gasteiger partial charge is 0.302 e. The van der Waals surface area contributed by atoms with E-state index in [1.807, 2.05) is 20.8 Å². The zero-order valence-corrected chi connectivity index (χ0v) is 41.9. The summed E-state index contributed by atoms with van der Waals surface area (Å²) in [5.41, 5.74) is 0.746. The molecule has 3 N–H and O–H groups in total. The quantitative estimate of drug-likeness (QED) is 0.178. The topological polar surface area (TPSA) is 216 Å². The van der Waals surface area contributed by atoms with E-state index in [-0.39, 0.29) is 53.2 Å². The van der Waals surface area contributed by atoms with Crippen LogP contribution in [0.1, 0.15) is 106 Å². The normalized spacial score (nSPS) is 54.6. The molecule has 10 aliphatic rings. The molecule has 7 saturated heterocycles. The fraction of sp³-hybridized carbons (Fsp3) is 0.940. The number of aliphatic hydroxyl groups is 3. The summed E-state index contributed by atoms with van der Waals surface area (Å²) in [5, 5.41) is 32.9. The van der Waals surface area contributed by atoms with Crippen LogP contribution >= 0.6 is 0 Å². The summed E-state index contributed by atoms with van der Waals surface area (Å²) >= 11 is 0. The van der Waals surface area contributed by atoms with Crippen LogP contribution in [0.25, 0.3) is 0 Å². The van der Waals surface area contributed by atoms with Crippen molar-refractivity contribution in [1.29, 1.82) is 0 Å². The molecule has 69 heavy (non-hydrogen) atoms. The van der Waals surface area contributed by atoms with Gasteiger partial charge in [-0.1, -0.05) is 18.6 Å². The van der Waals surface area contributed by atoms with Gasteiger partial charge in [-0.05, 0) is 79.1 Å². The fourth-order valence-corrected chi connectivity index (χ4v) is 15.0. The summed E-state index contributed by atoms with van der Waals surface area (Å²) in [6.45, 7) is 14.1. The molecule has 3 aliphatic carbocycles. The van der Waals surface area contributed by atoms with Crippen LogP contribution in [0.3, 0.4) is 0 Å². The Balaban J connectivity index is 0.731. The van der Waals surface area contributed by atoms with E-state index in [0.29, 0.717) is 32.5 Å². The number of hydrogen-bond acceptors (Lipinski definition) is 19. The Morgan fingerprint density at radius 2 is 1.36 bits per heavy atom. The number of allylic oxidation sites excluding steroid dienone is 1. The average Bonchev–Trinajstić information content (AvgIpc) is 3.80. The van der Waals surface area contributed by atoms with Crippen molar-refractivity contribution in [3.63, 3.8) is 0 Å². The van der Waals surface area contributed by atoms with Crippen molar-refractivity contribution in [2.24, 2.45) is 28.6 Å². The molecule has 0 amide bonds. The molecule has 7 aliphatic heterocycles. The van der Waals surface area contributed by atoms with Gasteiger partial charge in [-0.25, -0.2) is 0 Å². The third-order valence-corrected chi connectivity index (χ3v) is 18.2. The maximum Gasteiger partial charge on any atom is 0.302 e. The first-order chi connectivity index (χ1) is 32.9. The molecule has 2 saturated carbocycles. The van der Waals surface area contributed by atoms with Gasteiger partial charge in [0.15, 0.2) is 36.7 Å². The van der Waals surface area contributed by atoms with E-state index in [2.05, 4.69) is 19.9 Å². The number of ether oxygens (including phenoxy) is 15. The predicted molar refractivity (Wildman–Crippen MR) is 238 cm³/mol. The number of carbonyl (C=O) groups is 1. The minimum atomic E-state index is -1.23. The van der Waals surface area contributed by atoms with E-state index in [9.17, 15) is 20.1 Å². The van der Waals surface area contributed by atoms with Crippen molar-refractivity contribution >= 4 is 5.97 Å². The average molecular weight is 983 g/mol. The molecule has 19 heteroatoms. The van der Waals surface area contributed by atoms with Crippen molar-refractivity contribution in [2.75, 3.05) is 34.5 Å². The van der Waals surface area contributed by atoms with Crippen molar-refractivity contribution in [3.05, 3.63) is 11.6 Å². The number of esters is 1. The van der Waals surface area contributed by atoms with Crippen molar-refractivity contribution < 1.29 is 91.2 Å². The maximum atomic E-state index is 12.4. The van der Waals surface area contributed by atoms with E-state index in [1.54, 1.807) is 21.1 Å². The van der Waals surface area contributed by atoms with Gasteiger partial charge in [0.1, 0.15) is 43.2 Å². The second-order valence-corrected chi connectivity index (χ2v) is 22.1. The highest BCUT2D eigenvalue weighted by atomic mass is 16.8. The van der Waals surface area contributed by atoms with Gasteiger partial charge >= 0.3 is 5.97 Å². The number of aliphatic hydroxyl groups excluding tert-OH is 3. The lowest BCUT2D eigenvalue weighted by atomic mass is 9.47. The first-order valence-corrected chi connectivity index (χ1v) is 25.6. The third-order valence-electron chi connectivity index (χ3n) is 18.2. The van der Waals surface area contributed by atoms with E-state index in [0.717, 1.165) is 32.1 Å². The SMILES string of the molecule is COC1CC(OC2C(O)CC(OC3CCC4(COC(C)=O)C(=CCC5C4CCC4(C)C6C7COC6(C)OC54O7)C3)OC2C)OC(C)C1OC1CC(OC)C(OC2OC(C)C(O)C(OC)C2O)C(C)O1. The van der Waals surface area contributed by atoms with E-state index in [4.69, 9.17) is 71.1 Å². The zero-order chi connectivity index (χ0) is 48.9. The summed E-state index contributed by atoms with van der Waals surface area (Å²) in [5.74, 6) is -1.18. The van der Waals surface area contributed by atoms with E-state index in [1.165, 1.54) is 19.6 Å². The van der Waals surface area contributed by atoms with E-state index >= 15 is 0 Å². The Morgan fingerprint density at radius 3 is 1.99 bits per heavy atom. The van der Waals surface area contributed by atoms with Crippen LogP contribution in [0.2, 0.25) is 0 Å². The number of hydrogen-bond donors (Lipinski definition) is 3. The maximum absolute atomic E-state index is 12.4. The van der Waals surface area contributed by atoms with E-state index < -0.39 is 116 Å². The highest BCUT2D eigenvalue weighted by Gasteiger charge is 2.83. The van der Waals surface area contributed by atoms with Gasteiger partial charge in [0.2, 0.25) is 0 Å². The Bertz CT molecular complexity index is 1860. The Labute approximate surface area is 405 Å². The first kappa shape index (κ1) is 51.0. The molecular weight excluding hydrogens is 905 g/mol. The number of rotatable bonds is 13. The van der Waals surface area contributed by atoms with Gasteiger partial charge in [0.05, 0.1) is 67.5 Å². The van der Waals surface area contributed by atoms with Gasteiger partial charge in [0.25, 0.3) is 0 Å². The lowest BCUT2D eigenvalue weighted by Gasteiger charge is -2.60. The third kappa shape index (κ3) is 8.60. The molecule has 10 rings (SSSR count). The summed E-state index contributed by atoms with van der Waals surface area (Å²) in [4.78, 5) is 12.4. The van der Waals surface area contributed by atoms with Gasteiger partial charge < -0.3 is 86.4 Å². The van der Waals surface area contributed by atoms with Gasteiger partial charge in [-0.3, -0.25) is 4.79 Å². The second-order valence-electron chi connectivity index (χ2n) is 22.1. The molecule has 7 heterocycles. The molecule has 0 aromatic carbocycles. The van der Waals surface area contributed by atoms with Gasteiger partial charge in [-0.2, -0.15) is 0 Å². The van der Waals surface area contributed by atoms with Crippen LogP contribution in [-0.2, 0) is 75.8 Å². The molecule has 0 radical (unpaired) electrons. The van der Waals surface area contributed by atoms with Gasteiger partial charge in [-0.15, -0.1) is 0 Å². The molecule has 0 aromatic rings. The second kappa shape index (κ2) is 19.3. The molecule has 0 aromatic heterocycles. The standard InChI is InChI=1S/C50H78O19/c1-23-39(53)44(57-10)40(54)46(63-23)67-43-26(4)62-38(20-34(43)56-9)66-42-25(3)61-37(19-33(42)55-8)65-41-24(2)60-36(18-32(41)52)64-29-13-16-49(22-58-27(5)51)28(17-29)11-12-31-30(49)14-15-47(6)45-35-21-59-48(45,7)69-50(31,47)68-35/h11,23-26,29-46,52-54H,12-22H2,1-10H3. The van der Waals surface area contributed by atoms with Crippen LogP contribution in [-0.4, -0.2) is 184 Å². The summed E-state index contributed by atoms with van der Waals surface area (Å²) in [6, 6.07) is 0. The molecule has 2 bridgehead atoms. The molecule has 19 nitrogen and oxygen atoms in total. The summed E-state index contributed by atoms with van der Waals surface area (Å²) < 4.78 is 94.2. The minimum absolute atomic E-state index is 0.0280. The highest BCUT2D eigenvalue weighted by Crippen LogP contribution is 2.76. The lowest BCUT2D eigenvalue weighted by Crippen LogP contribution is -2.61. The predicted octanol–water partition coefficient (Wildman–Crippen LogP) is 3.39. The Hall–Kier alpha value is -1.47. The van der Waals surface area contributed by atoms with Crippen LogP contribution in [0, 0.1) is 28.6 Å². The van der Waals surface area contributed by atoms with Crippen LogP contribution in [0.15, 0.2) is 11.6 Å². The summed E-state index contributed by atoms with van der Waals surface area (Å²) in [7, 11) is 4.61. The first-order valence-electron chi connectivity index (χ1n) is 25.6. The zero-order valence-electron chi connectivity index (χ0n) is 41.9. The Morgan fingerprint density at radius 1 is 0.725 bits per heavy atom. The molecule has 26 atom stereocenters. The monoisotopic (exact) mass is 983 g/mol. The molecule has 26 unspecified atom stereocenters. The van der Waals surface area contributed by atoms with Crippen LogP contribution < -0.4 is 0 Å². The van der Waals surface area contributed by atoms with Crippen molar-refractivity contribution in [3.8, 4) is 0 Å². The molecule has 392 valence electrons. The van der Waals surface area contributed by atoms with Crippen molar-refractivity contribution in [1.82, 2.24) is 0 Å². The van der Waals surface area contributed by atoms with Crippen LogP contribution in [0.4, 0.5) is 0 Å². The largest absolute Gasteiger partial charge is 0.465 e. The molecule has 9 fully saturated rings. The van der Waals surface area contributed by atoms with Gasteiger partial charge in [0, 0.05) is 64.3 Å². The fourth-order valence-electron chi connectivity index (χ4n) is 15.0. The molecule has 0 spiro atoms. The minimum Gasteiger partial charge on any atom is -0.465 e. The number of carbonyl (C=O) groups excluding carboxylic acids is 1. The number of fused-ring (bicyclic) bond motifs is 3. The van der Waals surface area contributed by atoms with Crippen LogP contribution in [0.5, 0.6) is 0 Å². The van der Waals surface area contributed by atoms with Crippen molar-refractivity contribution in [2.45, 2.75) is 235 Å². The number of methoxy groups -OCH3 is 3. The highest BCUT2D eigenvalue weighted by molar-refractivity contribution is 5.66. The summed E-state index contributed by atoms with van der Waals surface area (Å²) in [6.07, 6.45) is -4.06. The Kier molecular flexibility index (Phi) is 14.3. The lowest BCUT2D eigenvalue weighted by molar-refractivity contribution is -0.359.